The molecule has 0 aromatic heterocycles. The van der Waals surface area contributed by atoms with Crippen molar-refractivity contribution >= 4 is 11.9 Å². The molecule has 0 aromatic carbocycles. The number of amides is 3. The molecule has 0 aromatic rings. The molecule has 1 atom stereocenters. The van der Waals surface area contributed by atoms with Crippen molar-refractivity contribution in [3.05, 3.63) is 0 Å². The zero-order valence-corrected chi connectivity index (χ0v) is 10.9. The van der Waals surface area contributed by atoms with Gasteiger partial charge < -0.3 is 19.9 Å². The molecule has 6 nitrogen and oxygen atoms in total. The Labute approximate surface area is 107 Å². The minimum absolute atomic E-state index is 0.0316. The number of carbonyl (C=O) groups excluding carboxylic acids is 2. The molecule has 2 heterocycles. The molecule has 102 valence electrons. The Kier molecular flexibility index (Phi) is 4.41. The van der Waals surface area contributed by atoms with Crippen LogP contribution in [0.5, 0.6) is 0 Å². The average Bonchev–Trinajstić information content (AvgIpc) is 2.70. The van der Waals surface area contributed by atoms with Gasteiger partial charge in [-0.25, -0.2) is 4.79 Å². The predicted octanol–water partition coefficient (Wildman–Crippen LogP) is 0.0391. The normalized spacial score (nSPS) is 24.8. The number of ether oxygens (including phenoxy) is 1. The van der Waals surface area contributed by atoms with Crippen LogP contribution in [0, 0.1) is 0 Å². The molecule has 1 N–H and O–H groups in total. The summed E-state index contributed by atoms with van der Waals surface area (Å²) in [6.45, 7) is 5.60. The van der Waals surface area contributed by atoms with E-state index in [1.807, 2.05) is 0 Å². The van der Waals surface area contributed by atoms with Gasteiger partial charge in [-0.1, -0.05) is 0 Å². The molecular formula is C12H21N3O3. The van der Waals surface area contributed by atoms with Crippen LogP contribution in [0.3, 0.4) is 0 Å². The van der Waals surface area contributed by atoms with Crippen molar-refractivity contribution in [3.8, 4) is 0 Å². The summed E-state index contributed by atoms with van der Waals surface area (Å²) in [5.41, 5.74) is 0. The summed E-state index contributed by atoms with van der Waals surface area (Å²) >= 11 is 0. The van der Waals surface area contributed by atoms with Gasteiger partial charge in [-0.2, -0.15) is 0 Å². The van der Waals surface area contributed by atoms with Gasteiger partial charge in [-0.05, 0) is 12.8 Å². The lowest BCUT2D eigenvalue weighted by atomic mass is 10.3. The summed E-state index contributed by atoms with van der Waals surface area (Å²) < 4.78 is 5.23. The van der Waals surface area contributed by atoms with Crippen LogP contribution < -0.4 is 5.32 Å². The molecule has 0 radical (unpaired) electrons. The molecule has 0 aliphatic carbocycles. The van der Waals surface area contributed by atoms with Crippen LogP contribution in [0.4, 0.5) is 4.79 Å². The Hall–Kier alpha value is -1.30. The van der Waals surface area contributed by atoms with Crippen molar-refractivity contribution in [3.63, 3.8) is 0 Å². The third-order valence-electron chi connectivity index (χ3n) is 3.49. The third-order valence-corrected chi connectivity index (χ3v) is 3.49. The first-order chi connectivity index (χ1) is 8.66. The van der Waals surface area contributed by atoms with E-state index >= 15 is 0 Å². The average molecular weight is 255 g/mol. The van der Waals surface area contributed by atoms with E-state index in [9.17, 15) is 9.59 Å². The van der Waals surface area contributed by atoms with Gasteiger partial charge in [0.1, 0.15) is 0 Å². The summed E-state index contributed by atoms with van der Waals surface area (Å²) in [4.78, 5) is 26.9. The van der Waals surface area contributed by atoms with E-state index in [1.165, 1.54) is 0 Å². The maximum Gasteiger partial charge on any atom is 0.317 e. The molecule has 2 aliphatic heterocycles. The Morgan fingerprint density at radius 2 is 1.89 bits per heavy atom. The van der Waals surface area contributed by atoms with Gasteiger partial charge in [0, 0.05) is 39.7 Å². The maximum absolute atomic E-state index is 12.0. The Bertz CT molecular complexity index is 316. The van der Waals surface area contributed by atoms with Gasteiger partial charge in [0.15, 0.2) is 0 Å². The fourth-order valence-electron chi connectivity index (χ4n) is 2.35. The van der Waals surface area contributed by atoms with Crippen molar-refractivity contribution in [2.24, 2.45) is 0 Å². The molecule has 6 heteroatoms. The van der Waals surface area contributed by atoms with Gasteiger partial charge in [-0.3, -0.25) is 4.79 Å². The van der Waals surface area contributed by atoms with E-state index < -0.39 is 0 Å². The second-order valence-electron chi connectivity index (χ2n) is 4.86. The molecule has 3 amide bonds. The zero-order chi connectivity index (χ0) is 13.0. The quantitative estimate of drug-likeness (QED) is 0.719. The van der Waals surface area contributed by atoms with E-state index in [1.54, 1.807) is 16.7 Å². The van der Waals surface area contributed by atoms with Gasteiger partial charge in [0.05, 0.1) is 12.6 Å². The second-order valence-corrected chi connectivity index (χ2v) is 4.86. The first-order valence-corrected chi connectivity index (χ1v) is 6.55. The van der Waals surface area contributed by atoms with Crippen LogP contribution in [-0.4, -0.2) is 67.2 Å². The smallest absolute Gasteiger partial charge is 0.317 e. The fourth-order valence-corrected chi connectivity index (χ4v) is 2.35. The van der Waals surface area contributed by atoms with Crippen LogP contribution >= 0.6 is 0 Å². The lowest BCUT2D eigenvalue weighted by Gasteiger charge is -2.23. The number of nitrogens with zero attached hydrogens (tertiary/aromatic N) is 2. The van der Waals surface area contributed by atoms with Crippen molar-refractivity contribution in [1.82, 2.24) is 15.1 Å². The number of nitrogens with one attached hydrogen (secondary N) is 1. The van der Waals surface area contributed by atoms with Crippen molar-refractivity contribution < 1.29 is 14.3 Å². The van der Waals surface area contributed by atoms with E-state index in [2.05, 4.69) is 5.32 Å². The standard InChI is InChI=1S/C12H21N3O3/c1-10(16)14-4-2-5-15(7-6-14)12(17)13-11-3-8-18-9-11/h11H,2-9H2,1H3,(H,13,17). The largest absolute Gasteiger partial charge is 0.379 e. The summed E-state index contributed by atoms with van der Waals surface area (Å²) in [6.07, 6.45) is 1.73. The third kappa shape index (κ3) is 3.35. The molecule has 0 bridgehead atoms. The van der Waals surface area contributed by atoms with Crippen LogP contribution in [0.25, 0.3) is 0 Å². The molecule has 2 rings (SSSR count). The summed E-state index contributed by atoms with van der Waals surface area (Å²) in [6, 6.07) is 0.112. The Morgan fingerprint density at radius 3 is 2.56 bits per heavy atom. The monoisotopic (exact) mass is 255 g/mol. The van der Waals surface area contributed by atoms with Gasteiger partial charge in [-0.15, -0.1) is 0 Å². The van der Waals surface area contributed by atoms with Crippen molar-refractivity contribution in [2.75, 3.05) is 39.4 Å². The molecular weight excluding hydrogens is 234 g/mol. The van der Waals surface area contributed by atoms with Crippen LogP contribution in [-0.2, 0) is 9.53 Å². The summed E-state index contributed by atoms with van der Waals surface area (Å²) in [7, 11) is 0. The van der Waals surface area contributed by atoms with Crippen molar-refractivity contribution in [2.45, 2.75) is 25.8 Å². The Morgan fingerprint density at radius 1 is 1.17 bits per heavy atom. The molecule has 2 aliphatic rings. The minimum Gasteiger partial charge on any atom is -0.379 e. The van der Waals surface area contributed by atoms with Gasteiger partial charge in [0.2, 0.25) is 5.91 Å². The number of hydrogen-bond acceptors (Lipinski definition) is 3. The molecule has 2 saturated heterocycles. The predicted molar refractivity (Wildman–Crippen MR) is 66.2 cm³/mol. The highest BCUT2D eigenvalue weighted by Crippen LogP contribution is 2.07. The molecule has 1 unspecified atom stereocenters. The van der Waals surface area contributed by atoms with E-state index in [0.29, 0.717) is 26.2 Å². The van der Waals surface area contributed by atoms with Crippen LogP contribution in [0.1, 0.15) is 19.8 Å². The second kappa shape index (κ2) is 6.04. The zero-order valence-electron chi connectivity index (χ0n) is 10.9. The van der Waals surface area contributed by atoms with Gasteiger partial charge >= 0.3 is 6.03 Å². The van der Waals surface area contributed by atoms with E-state index in [0.717, 1.165) is 26.0 Å². The number of hydrogen-bond donors (Lipinski definition) is 1. The fraction of sp³-hybridized carbons (Fsp3) is 0.833. The molecule has 18 heavy (non-hydrogen) atoms. The van der Waals surface area contributed by atoms with Crippen LogP contribution in [0.15, 0.2) is 0 Å². The Balaban J connectivity index is 1.81. The van der Waals surface area contributed by atoms with E-state index in [-0.39, 0.29) is 18.0 Å². The first kappa shape index (κ1) is 13.1. The summed E-state index contributed by atoms with van der Waals surface area (Å²) in [5.74, 6) is 0.0847. The maximum atomic E-state index is 12.0. The lowest BCUT2D eigenvalue weighted by Crippen LogP contribution is -2.46. The van der Waals surface area contributed by atoms with Crippen molar-refractivity contribution in [1.29, 1.82) is 0 Å². The highest BCUT2D eigenvalue weighted by atomic mass is 16.5. The van der Waals surface area contributed by atoms with Gasteiger partial charge in [0.25, 0.3) is 0 Å². The van der Waals surface area contributed by atoms with Crippen LogP contribution in [0.2, 0.25) is 0 Å². The lowest BCUT2D eigenvalue weighted by molar-refractivity contribution is -0.128. The highest BCUT2D eigenvalue weighted by molar-refractivity contribution is 5.75. The first-order valence-electron chi connectivity index (χ1n) is 6.55. The molecule has 2 fully saturated rings. The molecule has 0 spiro atoms. The summed E-state index contributed by atoms with van der Waals surface area (Å²) in [5, 5.41) is 2.98. The number of urea groups is 1. The molecule has 0 saturated carbocycles. The topological polar surface area (TPSA) is 61.9 Å². The highest BCUT2D eigenvalue weighted by Gasteiger charge is 2.23. The number of carbonyl (C=O) groups is 2. The number of rotatable bonds is 1. The minimum atomic E-state index is -0.0316. The van der Waals surface area contributed by atoms with E-state index in [4.69, 9.17) is 4.74 Å². The SMILES string of the molecule is CC(=O)N1CCCN(C(=O)NC2CCOC2)CC1.